The molecule has 0 bridgehead atoms. The van der Waals surface area contributed by atoms with Crippen LogP contribution < -0.4 is 0 Å². The van der Waals surface area contributed by atoms with Gasteiger partial charge in [0, 0.05) is 39.8 Å². The number of rotatable bonds is 15. The summed E-state index contributed by atoms with van der Waals surface area (Å²) in [4.78, 5) is 71.7. The van der Waals surface area contributed by atoms with E-state index in [1.807, 2.05) is 0 Å². The summed E-state index contributed by atoms with van der Waals surface area (Å²) >= 11 is 0. The van der Waals surface area contributed by atoms with Gasteiger partial charge in [-0.3, -0.25) is 33.5 Å². The smallest absolute Gasteiger partial charge is 0.434 e. The van der Waals surface area contributed by atoms with Gasteiger partial charge in [0.05, 0.1) is 23.0 Å². The number of benzene rings is 1. The molecule has 1 aliphatic heterocycles. The van der Waals surface area contributed by atoms with Gasteiger partial charge in [-0.2, -0.15) is 8.42 Å². The summed E-state index contributed by atoms with van der Waals surface area (Å²) in [7, 11) is -4.65. The topological polar surface area (TPSA) is 271 Å². The van der Waals surface area contributed by atoms with Crippen LogP contribution in [-0.2, 0) is 68.4 Å². The lowest BCUT2D eigenvalue weighted by molar-refractivity contribution is -0.397. The molecule has 21 nitrogen and oxygen atoms in total. The van der Waals surface area contributed by atoms with Crippen LogP contribution in [-0.4, -0.2) is 102 Å². The lowest BCUT2D eigenvalue weighted by Crippen LogP contribution is -2.63. The summed E-state index contributed by atoms with van der Waals surface area (Å²) in [6.07, 6.45) is -7.06. The van der Waals surface area contributed by atoms with Crippen LogP contribution in [0.2, 0.25) is 0 Å². The van der Waals surface area contributed by atoms with Crippen molar-refractivity contribution in [1.29, 1.82) is 0 Å². The van der Waals surface area contributed by atoms with E-state index in [4.69, 9.17) is 32.6 Å². The van der Waals surface area contributed by atoms with Gasteiger partial charge in [-0.05, 0) is 17.1 Å². The number of hydrogen-bond acceptors (Lipinski definition) is 18. The maximum absolute atomic E-state index is 13.1. The molecule has 0 radical (unpaired) electrons. The van der Waals surface area contributed by atoms with E-state index in [0.29, 0.717) is 0 Å². The number of nitrogens with zero attached hydrogens (tertiary/aromatic N) is 4. The molecule has 48 heavy (non-hydrogen) atoms. The Morgan fingerprint density at radius 1 is 0.875 bits per heavy atom. The molecule has 2 heterocycles. The monoisotopic (exact) mass is 702 g/mol. The van der Waals surface area contributed by atoms with Gasteiger partial charge in [0.2, 0.25) is 12.4 Å². The summed E-state index contributed by atoms with van der Waals surface area (Å²) < 4.78 is 64.8. The van der Waals surface area contributed by atoms with Crippen molar-refractivity contribution < 1.29 is 70.0 Å². The Kier molecular flexibility index (Phi) is 12.6. The zero-order valence-electron chi connectivity index (χ0n) is 25.7. The van der Waals surface area contributed by atoms with Crippen LogP contribution >= 0.6 is 0 Å². The second-order valence-corrected chi connectivity index (χ2v) is 11.5. The Morgan fingerprint density at radius 2 is 1.44 bits per heavy atom. The molecule has 1 aliphatic rings. The van der Waals surface area contributed by atoms with E-state index in [1.165, 1.54) is 6.20 Å². The Bertz CT molecular complexity index is 1630. The number of imidazole rings is 1. The SMILES string of the molecule is CC(=O)OC1O[C@H](COCC(Cn2ccnc2[N+](=O)[O-])OS(=O)(=O)c2ccc([N+](=O)[O-])cc2)[C@@H](OC(C)=O)[C@H](OC(C)=O)[C@H]1OC(C)=O. The van der Waals surface area contributed by atoms with Gasteiger partial charge in [0.1, 0.15) is 31.1 Å². The first-order valence-electron chi connectivity index (χ1n) is 13.7. The molecule has 1 aromatic heterocycles. The highest BCUT2D eigenvalue weighted by molar-refractivity contribution is 7.86. The Morgan fingerprint density at radius 3 is 1.98 bits per heavy atom. The van der Waals surface area contributed by atoms with Crippen molar-refractivity contribution in [2.75, 3.05) is 13.2 Å². The van der Waals surface area contributed by atoms with Crippen molar-refractivity contribution >= 4 is 45.6 Å². The molecule has 6 atom stereocenters. The van der Waals surface area contributed by atoms with Crippen LogP contribution in [0.5, 0.6) is 0 Å². The molecule has 22 heteroatoms. The molecule has 1 aromatic carbocycles. The average Bonchev–Trinajstić information content (AvgIpc) is 3.44. The molecule has 1 saturated heterocycles. The molecule has 2 aromatic rings. The first kappa shape index (κ1) is 37.4. The van der Waals surface area contributed by atoms with Gasteiger partial charge in [0.25, 0.3) is 15.8 Å². The fourth-order valence-corrected chi connectivity index (χ4v) is 5.53. The van der Waals surface area contributed by atoms with E-state index in [9.17, 15) is 47.8 Å². The molecule has 2 unspecified atom stereocenters. The Hall–Kier alpha value is -5.06. The molecule has 262 valence electrons. The molecule has 3 rings (SSSR count). The second kappa shape index (κ2) is 16.2. The number of nitro benzene ring substituents is 1. The highest BCUT2D eigenvalue weighted by Crippen LogP contribution is 2.30. The van der Waals surface area contributed by atoms with Crippen LogP contribution in [0.15, 0.2) is 41.6 Å². The van der Waals surface area contributed by atoms with Crippen molar-refractivity contribution in [3.63, 3.8) is 0 Å². The van der Waals surface area contributed by atoms with Crippen molar-refractivity contribution in [3.8, 4) is 0 Å². The number of aromatic nitrogens is 2. The average molecular weight is 703 g/mol. The number of carbonyl (C=O) groups is 4. The Labute approximate surface area is 271 Å². The third-order valence-electron chi connectivity index (χ3n) is 6.22. The van der Waals surface area contributed by atoms with Crippen LogP contribution in [0.3, 0.4) is 0 Å². The molecular formula is C26H30N4O17S. The van der Waals surface area contributed by atoms with Gasteiger partial charge in [-0.25, -0.2) is 4.57 Å². The molecule has 0 aliphatic carbocycles. The van der Waals surface area contributed by atoms with Gasteiger partial charge in [-0.1, -0.05) is 4.98 Å². The third-order valence-corrected chi connectivity index (χ3v) is 7.60. The summed E-state index contributed by atoms with van der Waals surface area (Å²) in [5.74, 6) is -4.23. The maximum atomic E-state index is 13.1. The van der Waals surface area contributed by atoms with Crippen LogP contribution in [0, 0.1) is 20.2 Å². The van der Waals surface area contributed by atoms with Crippen LogP contribution in [0.1, 0.15) is 27.7 Å². The minimum atomic E-state index is -4.65. The predicted octanol–water partition coefficient (Wildman–Crippen LogP) is 0.573. The van der Waals surface area contributed by atoms with Gasteiger partial charge in [0.15, 0.2) is 12.2 Å². The molecule has 0 spiro atoms. The summed E-state index contributed by atoms with van der Waals surface area (Å²) in [5.41, 5.74) is -0.396. The normalized spacial score (nSPS) is 21.4. The van der Waals surface area contributed by atoms with E-state index < -0.39 is 117 Å². The van der Waals surface area contributed by atoms with Gasteiger partial charge >= 0.3 is 29.8 Å². The quantitative estimate of drug-likeness (QED) is 0.0806. The number of ether oxygens (including phenoxy) is 6. The van der Waals surface area contributed by atoms with Gasteiger partial charge < -0.3 is 38.5 Å². The third kappa shape index (κ3) is 10.2. The van der Waals surface area contributed by atoms with E-state index in [0.717, 1.165) is 62.7 Å². The fraction of sp³-hybridized carbons (Fsp3) is 0.500. The molecule has 0 saturated carbocycles. The van der Waals surface area contributed by atoms with Crippen LogP contribution in [0.4, 0.5) is 11.6 Å². The number of non-ortho nitro benzene ring substituents is 1. The highest BCUT2D eigenvalue weighted by Gasteiger charge is 2.53. The van der Waals surface area contributed by atoms with E-state index in [-0.39, 0.29) is 0 Å². The van der Waals surface area contributed by atoms with Crippen molar-refractivity contribution in [3.05, 3.63) is 56.9 Å². The number of nitro groups is 2. The summed E-state index contributed by atoms with van der Waals surface area (Å²) in [5, 5.41) is 22.4. The molecule has 0 amide bonds. The summed E-state index contributed by atoms with van der Waals surface area (Å²) in [6, 6.07) is 3.71. The highest BCUT2D eigenvalue weighted by atomic mass is 32.2. The lowest BCUT2D eigenvalue weighted by atomic mass is 9.98. The van der Waals surface area contributed by atoms with E-state index in [2.05, 4.69) is 4.98 Å². The van der Waals surface area contributed by atoms with Crippen molar-refractivity contribution in [1.82, 2.24) is 9.55 Å². The standard InChI is InChI=1S/C26H30N4O17S/c1-14(31)42-22-21(46-25(45-17(4)34)24(44-16(3)33)23(22)43-15(2)32)13-41-12-19(11-28-10-9-27-26(28)30(37)38)47-48(39,40)20-7-5-18(6-8-20)29(35)36/h5-10,19,21-25H,11-13H2,1-4H3/t19?,21-,22-,23+,24-,25?/m1/s1. The van der Waals surface area contributed by atoms with Crippen LogP contribution in [0.25, 0.3) is 0 Å². The van der Waals surface area contributed by atoms with Gasteiger partial charge in [-0.15, -0.1) is 0 Å². The summed E-state index contributed by atoms with van der Waals surface area (Å²) in [6.45, 7) is 2.32. The first-order valence-corrected chi connectivity index (χ1v) is 15.1. The maximum Gasteiger partial charge on any atom is 0.434 e. The molecule has 0 N–H and O–H groups in total. The minimum Gasteiger partial charge on any atom is -0.456 e. The predicted molar refractivity (Wildman–Crippen MR) is 152 cm³/mol. The van der Waals surface area contributed by atoms with E-state index >= 15 is 0 Å². The zero-order chi connectivity index (χ0) is 35.8. The fourth-order valence-electron chi connectivity index (χ4n) is 4.48. The van der Waals surface area contributed by atoms with Crippen molar-refractivity contribution in [2.24, 2.45) is 0 Å². The number of carbonyl (C=O) groups excluding carboxylic acids is 4. The second-order valence-electron chi connectivity index (χ2n) is 9.97. The molecular weight excluding hydrogens is 672 g/mol. The van der Waals surface area contributed by atoms with E-state index in [1.54, 1.807) is 0 Å². The lowest BCUT2D eigenvalue weighted by Gasteiger charge is -2.43. The number of hydrogen-bond donors (Lipinski definition) is 0. The minimum absolute atomic E-state index is 0.396. The zero-order valence-corrected chi connectivity index (χ0v) is 26.5. The largest absolute Gasteiger partial charge is 0.456 e. The molecule has 1 fully saturated rings. The Balaban J connectivity index is 1.91. The van der Waals surface area contributed by atoms with Crippen molar-refractivity contribution in [2.45, 2.75) is 75.9 Å². The number of esters is 4. The first-order chi connectivity index (χ1) is 22.5.